The molecule has 0 aliphatic rings. The Bertz CT molecular complexity index is 582. The molecule has 2 N–H and O–H groups in total. The third-order valence-corrected chi connectivity index (χ3v) is 2.22. The average molecular weight is 242 g/mol. The molecule has 5 nitrogen and oxygen atoms in total. The number of hydrogen-bond donors (Lipinski definition) is 1. The van der Waals surface area contributed by atoms with Crippen LogP contribution in [0.4, 0.5) is 0 Å². The standard InChI is InChI=1S/C13H10N2O3/c14-12(16)11-10(7-4-8-15-11)18-13(17)9-5-2-1-3-6-9/h1-8H,(H2,14,16). The molecule has 2 rings (SSSR count). The van der Waals surface area contributed by atoms with E-state index in [1.165, 1.54) is 12.3 Å². The summed E-state index contributed by atoms with van der Waals surface area (Å²) in [7, 11) is 0. The summed E-state index contributed by atoms with van der Waals surface area (Å²) < 4.78 is 5.09. The number of amides is 1. The number of aromatic nitrogens is 1. The van der Waals surface area contributed by atoms with E-state index in [0.717, 1.165) is 0 Å². The van der Waals surface area contributed by atoms with Gasteiger partial charge in [0.1, 0.15) is 0 Å². The lowest BCUT2D eigenvalue weighted by Crippen LogP contribution is -2.17. The third-order valence-electron chi connectivity index (χ3n) is 2.22. The van der Waals surface area contributed by atoms with Gasteiger partial charge in [0.2, 0.25) is 0 Å². The van der Waals surface area contributed by atoms with Gasteiger partial charge in [-0.05, 0) is 24.3 Å². The number of hydrogen-bond acceptors (Lipinski definition) is 4. The van der Waals surface area contributed by atoms with Crippen molar-refractivity contribution in [1.29, 1.82) is 0 Å². The number of nitrogens with zero attached hydrogens (tertiary/aromatic N) is 1. The minimum atomic E-state index is -0.744. The van der Waals surface area contributed by atoms with Crippen molar-refractivity contribution in [2.75, 3.05) is 0 Å². The Labute approximate surface area is 103 Å². The van der Waals surface area contributed by atoms with E-state index in [1.54, 1.807) is 36.4 Å². The summed E-state index contributed by atoms with van der Waals surface area (Å²) in [6.07, 6.45) is 1.40. The molecule has 90 valence electrons. The highest BCUT2D eigenvalue weighted by atomic mass is 16.5. The van der Waals surface area contributed by atoms with Crippen LogP contribution in [0.3, 0.4) is 0 Å². The zero-order chi connectivity index (χ0) is 13.0. The Kier molecular flexibility index (Phi) is 3.33. The van der Waals surface area contributed by atoms with Crippen molar-refractivity contribution in [3.8, 4) is 5.75 Å². The highest BCUT2D eigenvalue weighted by molar-refractivity contribution is 5.96. The highest BCUT2D eigenvalue weighted by Crippen LogP contribution is 2.16. The zero-order valence-corrected chi connectivity index (χ0v) is 9.37. The van der Waals surface area contributed by atoms with Crippen molar-refractivity contribution in [3.05, 3.63) is 59.9 Å². The highest BCUT2D eigenvalue weighted by Gasteiger charge is 2.14. The lowest BCUT2D eigenvalue weighted by atomic mass is 10.2. The van der Waals surface area contributed by atoms with Gasteiger partial charge >= 0.3 is 5.97 Å². The van der Waals surface area contributed by atoms with Gasteiger partial charge in [-0.15, -0.1) is 0 Å². The van der Waals surface area contributed by atoms with Crippen LogP contribution in [0.15, 0.2) is 48.7 Å². The van der Waals surface area contributed by atoms with Gasteiger partial charge in [0.15, 0.2) is 11.4 Å². The van der Waals surface area contributed by atoms with E-state index in [1.807, 2.05) is 0 Å². The second-order valence-electron chi connectivity index (χ2n) is 3.47. The smallest absolute Gasteiger partial charge is 0.343 e. The van der Waals surface area contributed by atoms with Crippen LogP contribution in [0.1, 0.15) is 20.8 Å². The molecule has 0 unspecified atom stereocenters. The molecular weight excluding hydrogens is 232 g/mol. The number of pyridine rings is 1. The number of benzene rings is 1. The van der Waals surface area contributed by atoms with E-state index in [2.05, 4.69) is 4.98 Å². The quantitative estimate of drug-likeness (QED) is 0.825. The molecule has 1 aromatic carbocycles. The molecule has 0 aliphatic heterocycles. The molecule has 5 heteroatoms. The Morgan fingerprint density at radius 3 is 2.44 bits per heavy atom. The molecule has 0 saturated carbocycles. The lowest BCUT2D eigenvalue weighted by Gasteiger charge is -2.06. The summed E-state index contributed by atoms with van der Waals surface area (Å²) in [5.41, 5.74) is 5.45. The SMILES string of the molecule is NC(=O)c1ncccc1OC(=O)c1ccccc1. The Morgan fingerprint density at radius 2 is 1.78 bits per heavy atom. The molecule has 1 aromatic heterocycles. The number of ether oxygens (including phenoxy) is 1. The van der Waals surface area contributed by atoms with Crippen molar-refractivity contribution in [2.24, 2.45) is 5.73 Å². The van der Waals surface area contributed by atoms with Crippen LogP contribution in [0, 0.1) is 0 Å². The molecule has 18 heavy (non-hydrogen) atoms. The Morgan fingerprint density at radius 1 is 1.06 bits per heavy atom. The van der Waals surface area contributed by atoms with Gasteiger partial charge in [0, 0.05) is 6.20 Å². The van der Waals surface area contributed by atoms with Crippen LogP contribution in [0.5, 0.6) is 5.75 Å². The molecule has 0 radical (unpaired) electrons. The maximum Gasteiger partial charge on any atom is 0.343 e. The average Bonchev–Trinajstić information content (AvgIpc) is 2.40. The first-order chi connectivity index (χ1) is 8.68. The minimum absolute atomic E-state index is 0.0545. The maximum absolute atomic E-state index is 11.8. The molecule has 0 aliphatic carbocycles. The predicted octanol–water partition coefficient (Wildman–Crippen LogP) is 1.40. The first-order valence-corrected chi connectivity index (χ1v) is 5.20. The molecule has 1 heterocycles. The predicted molar refractivity (Wildman–Crippen MR) is 64.2 cm³/mol. The Hall–Kier alpha value is -2.69. The van der Waals surface area contributed by atoms with E-state index >= 15 is 0 Å². The maximum atomic E-state index is 11.8. The molecule has 2 aromatic rings. The number of nitrogens with two attached hydrogens (primary N) is 1. The fourth-order valence-corrected chi connectivity index (χ4v) is 1.39. The van der Waals surface area contributed by atoms with Crippen molar-refractivity contribution in [1.82, 2.24) is 4.98 Å². The van der Waals surface area contributed by atoms with Crippen molar-refractivity contribution < 1.29 is 14.3 Å². The van der Waals surface area contributed by atoms with Crippen LogP contribution in [-0.4, -0.2) is 16.9 Å². The van der Waals surface area contributed by atoms with Crippen LogP contribution in [0.2, 0.25) is 0 Å². The number of primary amides is 1. The molecule has 0 bridgehead atoms. The first kappa shape index (κ1) is 11.8. The third kappa shape index (κ3) is 2.52. The van der Waals surface area contributed by atoms with Gasteiger partial charge in [-0.1, -0.05) is 18.2 Å². The number of carbonyl (C=O) groups is 2. The molecule has 0 spiro atoms. The van der Waals surface area contributed by atoms with Crippen LogP contribution in [0.25, 0.3) is 0 Å². The monoisotopic (exact) mass is 242 g/mol. The van der Waals surface area contributed by atoms with Gasteiger partial charge in [0.25, 0.3) is 5.91 Å². The van der Waals surface area contributed by atoms with E-state index in [9.17, 15) is 9.59 Å². The van der Waals surface area contributed by atoms with E-state index in [4.69, 9.17) is 10.5 Å². The molecular formula is C13H10N2O3. The molecule has 0 saturated heterocycles. The summed E-state index contributed by atoms with van der Waals surface area (Å²) in [5.74, 6) is -1.25. The van der Waals surface area contributed by atoms with E-state index in [0.29, 0.717) is 5.56 Å². The fraction of sp³-hybridized carbons (Fsp3) is 0. The minimum Gasteiger partial charge on any atom is -0.420 e. The molecule has 0 atom stereocenters. The largest absolute Gasteiger partial charge is 0.420 e. The van der Waals surface area contributed by atoms with Gasteiger partial charge in [0.05, 0.1) is 5.56 Å². The second-order valence-corrected chi connectivity index (χ2v) is 3.47. The number of esters is 1. The van der Waals surface area contributed by atoms with Crippen LogP contribution < -0.4 is 10.5 Å². The molecule has 1 amide bonds. The first-order valence-electron chi connectivity index (χ1n) is 5.20. The summed E-state index contributed by atoms with van der Waals surface area (Å²) in [6.45, 7) is 0. The van der Waals surface area contributed by atoms with E-state index in [-0.39, 0.29) is 11.4 Å². The summed E-state index contributed by atoms with van der Waals surface area (Å²) in [5, 5.41) is 0. The number of rotatable bonds is 3. The van der Waals surface area contributed by atoms with Gasteiger partial charge in [-0.2, -0.15) is 0 Å². The lowest BCUT2D eigenvalue weighted by molar-refractivity contribution is 0.0731. The van der Waals surface area contributed by atoms with Crippen molar-refractivity contribution >= 4 is 11.9 Å². The summed E-state index contributed by atoms with van der Waals surface area (Å²) >= 11 is 0. The van der Waals surface area contributed by atoms with Crippen LogP contribution in [-0.2, 0) is 0 Å². The number of carbonyl (C=O) groups excluding carboxylic acids is 2. The van der Waals surface area contributed by atoms with Gasteiger partial charge < -0.3 is 10.5 Å². The topological polar surface area (TPSA) is 82.3 Å². The van der Waals surface area contributed by atoms with E-state index < -0.39 is 11.9 Å². The van der Waals surface area contributed by atoms with Crippen molar-refractivity contribution in [3.63, 3.8) is 0 Å². The summed E-state index contributed by atoms with van der Waals surface area (Å²) in [6, 6.07) is 11.5. The van der Waals surface area contributed by atoms with Crippen LogP contribution >= 0.6 is 0 Å². The zero-order valence-electron chi connectivity index (χ0n) is 9.37. The Balaban J connectivity index is 2.25. The van der Waals surface area contributed by atoms with Gasteiger partial charge in [-0.3, -0.25) is 4.79 Å². The normalized spacial score (nSPS) is 9.78. The van der Waals surface area contributed by atoms with Gasteiger partial charge in [-0.25, -0.2) is 9.78 Å². The fourth-order valence-electron chi connectivity index (χ4n) is 1.39. The van der Waals surface area contributed by atoms with Crippen molar-refractivity contribution in [2.45, 2.75) is 0 Å². The molecule has 0 fully saturated rings. The summed E-state index contributed by atoms with van der Waals surface area (Å²) in [4.78, 5) is 26.7. The second kappa shape index (κ2) is 5.09.